The third kappa shape index (κ3) is 3.59. The molecule has 3 aromatic carbocycles. The number of halogens is 1. The maximum Gasteiger partial charge on any atom is 0.260 e. The van der Waals surface area contributed by atoms with Crippen molar-refractivity contribution in [2.75, 3.05) is 4.90 Å². The second kappa shape index (κ2) is 7.51. The molecule has 0 N–H and O–H groups in total. The molecule has 0 fully saturated rings. The van der Waals surface area contributed by atoms with Crippen molar-refractivity contribution in [2.45, 2.75) is 13.5 Å². The van der Waals surface area contributed by atoms with E-state index < -0.39 is 0 Å². The van der Waals surface area contributed by atoms with Gasteiger partial charge in [-0.05, 0) is 36.2 Å². The van der Waals surface area contributed by atoms with Crippen LogP contribution < -0.4 is 4.90 Å². The van der Waals surface area contributed by atoms with Crippen LogP contribution in [0.2, 0.25) is 5.02 Å². The summed E-state index contributed by atoms with van der Waals surface area (Å²) in [5.41, 5.74) is 3.57. The van der Waals surface area contributed by atoms with E-state index in [4.69, 9.17) is 16.6 Å². The van der Waals surface area contributed by atoms with Crippen LogP contribution in [0.4, 0.5) is 5.13 Å². The molecule has 0 radical (unpaired) electrons. The van der Waals surface area contributed by atoms with Crippen molar-refractivity contribution in [3.05, 3.63) is 94.5 Å². The number of benzene rings is 3. The number of thiazole rings is 1. The summed E-state index contributed by atoms with van der Waals surface area (Å²) < 4.78 is 0.908. The molecular formula is C22H17ClN2OS. The number of hydrogen-bond donors (Lipinski definition) is 0. The molecule has 0 spiro atoms. The Balaban J connectivity index is 1.81. The lowest BCUT2D eigenvalue weighted by molar-refractivity contribution is 0.0985. The van der Waals surface area contributed by atoms with Gasteiger partial charge >= 0.3 is 0 Å². The van der Waals surface area contributed by atoms with Gasteiger partial charge in [0.25, 0.3) is 5.91 Å². The second-order valence-electron chi connectivity index (χ2n) is 6.28. The van der Waals surface area contributed by atoms with Crippen molar-refractivity contribution >= 4 is 44.2 Å². The zero-order chi connectivity index (χ0) is 18.8. The number of fused-ring (bicyclic) bond motifs is 1. The summed E-state index contributed by atoms with van der Waals surface area (Å²) in [6.07, 6.45) is 0. The number of amides is 1. The van der Waals surface area contributed by atoms with Crippen LogP contribution >= 0.6 is 22.9 Å². The molecule has 1 aromatic heterocycles. The molecule has 1 heterocycles. The second-order valence-corrected chi connectivity index (χ2v) is 7.67. The molecule has 27 heavy (non-hydrogen) atoms. The van der Waals surface area contributed by atoms with Crippen molar-refractivity contribution in [1.82, 2.24) is 4.98 Å². The minimum Gasteiger partial charge on any atom is -0.279 e. The fourth-order valence-electron chi connectivity index (χ4n) is 2.94. The van der Waals surface area contributed by atoms with Crippen LogP contribution in [0.5, 0.6) is 0 Å². The molecule has 0 atom stereocenters. The molecule has 4 rings (SSSR count). The maximum atomic E-state index is 13.3. The predicted octanol–water partition coefficient (Wildman–Crippen LogP) is 6.11. The predicted molar refractivity (Wildman–Crippen MR) is 113 cm³/mol. The summed E-state index contributed by atoms with van der Waals surface area (Å²) in [7, 11) is 0. The molecule has 1 amide bonds. The maximum absolute atomic E-state index is 13.3. The van der Waals surface area contributed by atoms with Crippen molar-refractivity contribution in [2.24, 2.45) is 0 Å². The first kappa shape index (κ1) is 17.7. The lowest BCUT2D eigenvalue weighted by Crippen LogP contribution is -2.30. The smallest absolute Gasteiger partial charge is 0.260 e. The van der Waals surface area contributed by atoms with Crippen LogP contribution in [0, 0.1) is 6.92 Å². The molecule has 0 saturated carbocycles. The average Bonchev–Trinajstić information content (AvgIpc) is 3.16. The molecule has 4 aromatic rings. The Kier molecular flexibility index (Phi) is 4.92. The van der Waals surface area contributed by atoms with E-state index in [1.807, 2.05) is 79.7 Å². The summed E-state index contributed by atoms with van der Waals surface area (Å²) in [5.74, 6) is -0.0766. The Hall–Kier alpha value is -2.69. The molecule has 0 unspecified atom stereocenters. The molecule has 0 aliphatic carbocycles. The van der Waals surface area contributed by atoms with Gasteiger partial charge in [-0.25, -0.2) is 4.98 Å². The fraction of sp³-hybridized carbons (Fsp3) is 0.0909. The normalized spacial score (nSPS) is 10.9. The number of carbonyl (C=O) groups excluding carboxylic acids is 1. The van der Waals surface area contributed by atoms with Crippen LogP contribution in [0.1, 0.15) is 21.5 Å². The van der Waals surface area contributed by atoms with Crippen molar-refractivity contribution in [3.63, 3.8) is 0 Å². The molecule has 0 bridgehead atoms. The Bertz CT molecular complexity index is 1050. The van der Waals surface area contributed by atoms with E-state index in [1.165, 1.54) is 11.3 Å². The van der Waals surface area contributed by atoms with E-state index in [0.29, 0.717) is 22.3 Å². The minimum atomic E-state index is -0.0766. The van der Waals surface area contributed by atoms with Crippen LogP contribution in [0.3, 0.4) is 0 Å². The Morgan fingerprint density at radius 2 is 1.67 bits per heavy atom. The Morgan fingerprint density at radius 3 is 2.33 bits per heavy atom. The van der Waals surface area contributed by atoms with E-state index >= 15 is 0 Å². The quantitative estimate of drug-likeness (QED) is 0.420. The van der Waals surface area contributed by atoms with Crippen molar-refractivity contribution in [3.8, 4) is 0 Å². The fourth-order valence-corrected chi connectivity index (χ4v) is 4.25. The van der Waals surface area contributed by atoms with Crippen LogP contribution in [-0.2, 0) is 6.54 Å². The molecule has 0 saturated heterocycles. The Morgan fingerprint density at radius 1 is 1.00 bits per heavy atom. The monoisotopic (exact) mass is 392 g/mol. The van der Waals surface area contributed by atoms with E-state index in [1.54, 1.807) is 4.90 Å². The van der Waals surface area contributed by atoms with E-state index in [9.17, 15) is 4.79 Å². The number of hydrogen-bond acceptors (Lipinski definition) is 3. The lowest BCUT2D eigenvalue weighted by Gasteiger charge is -2.20. The highest BCUT2D eigenvalue weighted by Gasteiger charge is 2.22. The zero-order valence-electron chi connectivity index (χ0n) is 14.7. The van der Waals surface area contributed by atoms with Gasteiger partial charge in [0.15, 0.2) is 5.13 Å². The van der Waals surface area contributed by atoms with Gasteiger partial charge in [-0.1, -0.05) is 77.5 Å². The third-order valence-electron chi connectivity index (χ3n) is 4.37. The summed E-state index contributed by atoms with van der Waals surface area (Å²) in [6, 6.07) is 23.1. The first-order valence-corrected chi connectivity index (χ1v) is 9.79. The molecule has 3 nitrogen and oxygen atoms in total. The minimum absolute atomic E-state index is 0.0766. The average molecular weight is 393 g/mol. The number of nitrogens with zero attached hydrogens (tertiary/aromatic N) is 2. The summed E-state index contributed by atoms with van der Waals surface area (Å²) in [5, 5.41) is 1.31. The number of rotatable bonds is 4. The topological polar surface area (TPSA) is 33.2 Å². The standard InChI is InChI=1S/C22H17ClN2OS/c1-15-12-13-18(23)20-19(15)24-22(27-20)25(14-16-8-4-2-5-9-16)21(26)17-10-6-3-7-11-17/h2-13H,14H2,1H3. The van der Waals surface area contributed by atoms with Crippen LogP contribution in [0.25, 0.3) is 10.2 Å². The number of aryl methyl sites for hydroxylation is 1. The summed E-state index contributed by atoms with van der Waals surface area (Å²) in [4.78, 5) is 19.7. The van der Waals surface area contributed by atoms with E-state index in [0.717, 1.165) is 21.3 Å². The van der Waals surface area contributed by atoms with Gasteiger partial charge in [-0.3, -0.25) is 9.69 Å². The molecule has 134 valence electrons. The number of anilines is 1. The largest absolute Gasteiger partial charge is 0.279 e. The van der Waals surface area contributed by atoms with Crippen molar-refractivity contribution in [1.29, 1.82) is 0 Å². The summed E-state index contributed by atoms with van der Waals surface area (Å²) in [6.45, 7) is 2.45. The number of carbonyl (C=O) groups is 1. The van der Waals surface area contributed by atoms with Crippen molar-refractivity contribution < 1.29 is 4.79 Å². The molecule has 0 aliphatic rings. The molecule has 5 heteroatoms. The first-order chi connectivity index (χ1) is 13.1. The van der Waals surface area contributed by atoms with E-state index in [2.05, 4.69) is 0 Å². The highest BCUT2D eigenvalue weighted by molar-refractivity contribution is 7.23. The summed E-state index contributed by atoms with van der Waals surface area (Å²) >= 11 is 7.82. The first-order valence-electron chi connectivity index (χ1n) is 8.60. The van der Waals surface area contributed by atoms with Crippen LogP contribution in [-0.4, -0.2) is 10.9 Å². The van der Waals surface area contributed by atoms with Gasteiger partial charge < -0.3 is 0 Å². The highest BCUT2D eigenvalue weighted by Crippen LogP contribution is 2.36. The third-order valence-corrected chi connectivity index (χ3v) is 5.90. The SMILES string of the molecule is Cc1ccc(Cl)c2sc(N(Cc3ccccc3)C(=O)c3ccccc3)nc12. The van der Waals surface area contributed by atoms with Gasteiger partial charge in [0.2, 0.25) is 0 Å². The van der Waals surface area contributed by atoms with Gasteiger partial charge in [0, 0.05) is 5.56 Å². The Labute approximate surface area is 166 Å². The van der Waals surface area contributed by atoms with E-state index in [-0.39, 0.29) is 5.91 Å². The van der Waals surface area contributed by atoms with Gasteiger partial charge in [-0.2, -0.15) is 0 Å². The highest BCUT2D eigenvalue weighted by atomic mass is 35.5. The van der Waals surface area contributed by atoms with Gasteiger partial charge in [0.1, 0.15) is 0 Å². The van der Waals surface area contributed by atoms with Crippen LogP contribution in [0.15, 0.2) is 72.8 Å². The number of aromatic nitrogens is 1. The lowest BCUT2D eigenvalue weighted by atomic mass is 10.1. The molecule has 0 aliphatic heterocycles. The van der Waals surface area contributed by atoms with Gasteiger partial charge in [0.05, 0.1) is 21.8 Å². The zero-order valence-corrected chi connectivity index (χ0v) is 16.3. The van der Waals surface area contributed by atoms with Gasteiger partial charge in [-0.15, -0.1) is 0 Å². The molecular weight excluding hydrogens is 376 g/mol.